The average Bonchev–Trinajstić information content (AvgIpc) is 2.83. The number of fused-ring (bicyclic) bond motifs is 1. The Labute approximate surface area is 129 Å². The van der Waals surface area contributed by atoms with Crippen LogP contribution in [0.1, 0.15) is 15.2 Å². The van der Waals surface area contributed by atoms with E-state index in [4.69, 9.17) is 4.74 Å². The van der Waals surface area contributed by atoms with E-state index in [1.807, 2.05) is 0 Å². The topological polar surface area (TPSA) is 66.8 Å². The number of carboxylic acids is 1. The Balaban J connectivity index is 2.01. The number of amides is 1. The number of carboxylic acid groups (broad SMARTS) is 1. The predicted octanol–water partition coefficient (Wildman–Crippen LogP) is 2.27. The van der Waals surface area contributed by atoms with Gasteiger partial charge in [0.05, 0.1) is 18.1 Å². The normalized spacial score (nSPS) is 18.6. The Kier molecular flexibility index (Phi) is 3.84. The molecular formula is C15H14FNO4S. The largest absolute Gasteiger partial charge is 0.480 e. The van der Waals surface area contributed by atoms with Crippen LogP contribution >= 0.6 is 11.3 Å². The highest BCUT2D eigenvalue weighted by molar-refractivity contribution is 7.21. The zero-order valence-electron chi connectivity index (χ0n) is 11.8. The second kappa shape index (κ2) is 5.66. The average molecular weight is 323 g/mol. The van der Waals surface area contributed by atoms with Gasteiger partial charge in [-0.25, -0.2) is 9.18 Å². The molecule has 2 aromatic rings. The zero-order chi connectivity index (χ0) is 15.9. The summed E-state index contributed by atoms with van der Waals surface area (Å²) >= 11 is 1.26. The SMILES string of the molecule is Cc1c(C(=O)N2CCOC[C@H]2C(=O)O)sc2ccc(F)cc12. The molecule has 0 radical (unpaired) electrons. The number of halogens is 1. The van der Waals surface area contributed by atoms with Crippen LogP contribution in [-0.2, 0) is 9.53 Å². The fourth-order valence-corrected chi connectivity index (χ4v) is 3.72. The van der Waals surface area contributed by atoms with Gasteiger partial charge in [-0.3, -0.25) is 4.79 Å². The minimum atomic E-state index is -1.09. The summed E-state index contributed by atoms with van der Waals surface area (Å²) in [6, 6.07) is 3.39. The lowest BCUT2D eigenvalue weighted by Gasteiger charge is -2.32. The Morgan fingerprint density at radius 2 is 2.23 bits per heavy atom. The molecule has 22 heavy (non-hydrogen) atoms. The van der Waals surface area contributed by atoms with Crippen LogP contribution in [0, 0.1) is 12.7 Å². The lowest BCUT2D eigenvalue weighted by Crippen LogP contribution is -2.52. The number of aryl methyl sites for hydroxylation is 1. The van der Waals surface area contributed by atoms with Crippen molar-refractivity contribution in [1.82, 2.24) is 4.90 Å². The van der Waals surface area contributed by atoms with Crippen molar-refractivity contribution in [2.24, 2.45) is 0 Å². The Bertz CT molecular complexity index is 757. The molecule has 0 spiro atoms. The van der Waals surface area contributed by atoms with Crippen LogP contribution in [0.2, 0.25) is 0 Å². The minimum absolute atomic E-state index is 0.0142. The van der Waals surface area contributed by atoms with E-state index in [1.54, 1.807) is 13.0 Å². The van der Waals surface area contributed by atoms with Crippen LogP contribution in [0.15, 0.2) is 18.2 Å². The van der Waals surface area contributed by atoms with E-state index in [2.05, 4.69) is 0 Å². The minimum Gasteiger partial charge on any atom is -0.480 e. The number of rotatable bonds is 2. The van der Waals surface area contributed by atoms with E-state index < -0.39 is 12.0 Å². The second-order valence-electron chi connectivity index (χ2n) is 5.12. The van der Waals surface area contributed by atoms with Crippen molar-refractivity contribution >= 4 is 33.3 Å². The number of hydrogen-bond acceptors (Lipinski definition) is 4. The molecule has 1 saturated heterocycles. The first-order valence-corrected chi connectivity index (χ1v) is 7.61. The fraction of sp³-hybridized carbons (Fsp3) is 0.333. The van der Waals surface area contributed by atoms with Gasteiger partial charge in [0.1, 0.15) is 5.82 Å². The lowest BCUT2D eigenvalue weighted by molar-refractivity contribution is -0.147. The highest BCUT2D eigenvalue weighted by Crippen LogP contribution is 2.32. The van der Waals surface area contributed by atoms with Crippen molar-refractivity contribution < 1.29 is 23.8 Å². The highest BCUT2D eigenvalue weighted by atomic mass is 32.1. The number of thiophene rings is 1. The number of hydrogen-bond donors (Lipinski definition) is 1. The molecule has 7 heteroatoms. The van der Waals surface area contributed by atoms with Crippen molar-refractivity contribution in [2.45, 2.75) is 13.0 Å². The van der Waals surface area contributed by atoms with Crippen LogP contribution in [-0.4, -0.2) is 47.7 Å². The van der Waals surface area contributed by atoms with Crippen molar-refractivity contribution in [3.8, 4) is 0 Å². The quantitative estimate of drug-likeness (QED) is 0.921. The summed E-state index contributed by atoms with van der Waals surface area (Å²) in [7, 11) is 0. The number of carbonyl (C=O) groups is 2. The molecule has 3 rings (SSSR count). The van der Waals surface area contributed by atoms with Gasteiger partial charge < -0.3 is 14.7 Å². The molecule has 116 valence electrons. The maximum absolute atomic E-state index is 13.4. The standard InChI is InChI=1S/C15H14FNO4S/c1-8-10-6-9(16)2-3-12(10)22-13(8)14(18)17-4-5-21-7-11(17)15(19)20/h2-3,6,11H,4-5,7H2,1H3,(H,19,20)/t11-/m0/s1. The first kappa shape index (κ1) is 14.9. The number of ether oxygens (including phenoxy) is 1. The van der Waals surface area contributed by atoms with Crippen LogP contribution in [0.3, 0.4) is 0 Å². The van der Waals surface area contributed by atoms with Crippen LogP contribution < -0.4 is 0 Å². The third-order valence-electron chi connectivity index (χ3n) is 3.77. The molecule has 0 bridgehead atoms. The van der Waals surface area contributed by atoms with E-state index >= 15 is 0 Å². The molecule has 1 fully saturated rings. The summed E-state index contributed by atoms with van der Waals surface area (Å²) in [5.74, 6) is -1.78. The summed E-state index contributed by atoms with van der Waals surface area (Å²) < 4.78 is 19.3. The summed E-state index contributed by atoms with van der Waals surface area (Å²) in [6.45, 7) is 2.29. The number of nitrogens with zero attached hydrogens (tertiary/aromatic N) is 1. The van der Waals surface area contributed by atoms with Crippen LogP contribution in [0.5, 0.6) is 0 Å². The molecule has 1 atom stereocenters. The van der Waals surface area contributed by atoms with Gasteiger partial charge in [-0.1, -0.05) is 0 Å². The summed E-state index contributed by atoms with van der Waals surface area (Å²) in [4.78, 5) is 25.8. The first-order chi connectivity index (χ1) is 10.5. The van der Waals surface area contributed by atoms with Crippen molar-refractivity contribution in [2.75, 3.05) is 19.8 Å². The van der Waals surface area contributed by atoms with Gasteiger partial charge in [0.25, 0.3) is 5.91 Å². The molecule has 1 aliphatic heterocycles. The van der Waals surface area contributed by atoms with Crippen molar-refractivity contribution in [1.29, 1.82) is 0 Å². The van der Waals surface area contributed by atoms with Gasteiger partial charge in [-0.15, -0.1) is 11.3 Å². The second-order valence-corrected chi connectivity index (χ2v) is 6.18. The van der Waals surface area contributed by atoms with Crippen LogP contribution in [0.25, 0.3) is 10.1 Å². The Morgan fingerprint density at radius 3 is 2.95 bits per heavy atom. The Hall–Kier alpha value is -1.99. The van der Waals surface area contributed by atoms with Gasteiger partial charge in [0.15, 0.2) is 6.04 Å². The Morgan fingerprint density at radius 1 is 1.45 bits per heavy atom. The molecule has 0 saturated carbocycles. The first-order valence-electron chi connectivity index (χ1n) is 6.79. The molecule has 1 amide bonds. The summed E-state index contributed by atoms with van der Waals surface area (Å²) in [5, 5.41) is 9.92. The molecule has 5 nitrogen and oxygen atoms in total. The molecule has 1 aliphatic rings. The molecular weight excluding hydrogens is 309 g/mol. The number of benzene rings is 1. The number of morpholine rings is 1. The predicted molar refractivity (Wildman–Crippen MR) is 79.8 cm³/mol. The van der Waals surface area contributed by atoms with Crippen LogP contribution in [0.4, 0.5) is 4.39 Å². The molecule has 0 unspecified atom stereocenters. The van der Waals surface area contributed by atoms with Crippen molar-refractivity contribution in [3.63, 3.8) is 0 Å². The highest BCUT2D eigenvalue weighted by Gasteiger charge is 2.34. The van der Waals surface area contributed by atoms with E-state index in [1.165, 1.54) is 28.4 Å². The summed E-state index contributed by atoms with van der Waals surface area (Å²) in [5.41, 5.74) is 0.681. The molecule has 2 heterocycles. The van der Waals surface area contributed by atoms with E-state index in [-0.39, 0.29) is 24.9 Å². The zero-order valence-corrected chi connectivity index (χ0v) is 12.7. The maximum atomic E-state index is 13.4. The third-order valence-corrected chi connectivity index (χ3v) is 5.03. The number of carbonyl (C=O) groups excluding carboxylic acids is 1. The molecule has 1 aromatic heterocycles. The molecule has 1 N–H and O–H groups in total. The van der Waals surface area contributed by atoms with Gasteiger partial charge in [-0.2, -0.15) is 0 Å². The van der Waals surface area contributed by atoms with Gasteiger partial charge in [0, 0.05) is 11.2 Å². The van der Waals surface area contributed by atoms with Gasteiger partial charge in [-0.05, 0) is 36.1 Å². The van der Waals surface area contributed by atoms with E-state index in [9.17, 15) is 19.1 Å². The monoisotopic (exact) mass is 323 g/mol. The van der Waals surface area contributed by atoms with Crippen molar-refractivity contribution in [3.05, 3.63) is 34.5 Å². The lowest BCUT2D eigenvalue weighted by atomic mass is 10.1. The maximum Gasteiger partial charge on any atom is 0.328 e. The van der Waals surface area contributed by atoms with E-state index in [0.29, 0.717) is 22.4 Å². The van der Waals surface area contributed by atoms with E-state index in [0.717, 1.165) is 4.70 Å². The smallest absolute Gasteiger partial charge is 0.328 e. The molecule has 0 aliphatic carbocycles. The van der Waals surface area contributed by atoms with Gasteiger partial charge in [0.2, 0.25) is 0 Å². The molecule has 1 aromatic carbocycles. The fourth-order valence-electron chi connectivity index (χ4n) is 2.58. The third kappa shape index (κ3) is 2.46. The number of aliphatic carboxylic acids is 1. The van der Waals surface area contributed by atoms with Gasteiger partial charge >= 0.3 is 5.97 Å². The summed E-state index contributed by atoms with van der Waals surface area (Å²) in [6.07, 6.45) is 0.